The third-order valence-corrected chi connectivity index (χ3v) is 10.9. The standard InChI is InChI=1S/C53H33N3O/c1-4-12-37(13-5-1)46-33-47(56-53(55-46)40-16-8-3-9-17-40)38-26-24-35(25-27-38)34-20-22-36(23-21-34)41-28-30-48-44(32-41)51-49(57-48)31-29-43-50(51)42-18-10-11-19-45(42)54-52(43)39-14-6-2-7-15-39/h1-33H. The van der Waals surface area contributed by atoms with Gasteiger partial charge in [0.05, 0.1) is 22.6 Å². The normalized spacial score (nSPS) is 11.5. The van der Waals surface area contributed by atoms with Crippen LogP contribution in [0.15, 0.2) is 205 Å². The summed E-state index contributed by atoms with van der Waals surface area (Å²) in [7, 11) is 0. The highest BCUT2D eigenvalue weighted by molar-refractivity contribution is 6.28. The molecular formula is C53H33N3O. The summed E-state index contributed by atoms with van der Waals surface area (Å²) < 4.78 is 6.49. The van der Waals surface area contributed by atoms with Crippen LogP contribution in [0.2, 0.25) is 0 Å². The van der Waals surface area contributed by atoms with E-state index in [9.17, 15) is 0 Å². The largest absolute Gasteiger partial charge is 0.456 e. The molecule has 3 aromatic heterocycles. The molecule has 11 aromatic rings. The Labute approximate surface area is 329 Å². The van der Waals surface area contributed by atoms with Gasteiger partial charge in [0.1, 0.15) is 11.2 Å². The van der Waals surface area contributed by atoms with E-state index in [1.165, 1.54) is 5.39 Å². The number of hydrogen-bond donors (Lipinski definition) is 0. The monoisotopic (exact) mass is 727 g/mol. The van der Waals surface area contributed by atoms with Crippen molar-refractivity contribution in [3.8, 4) is 67.4 Å². The number of nitrogens with zero attached hydrogens (tertiary/aromatic N) is 3. The lowest BCUT2D eigenvalue weighted by atomic mass is 9.95. The number of hydrogen-bond acceptors (Lipinski definition) is 4. The maximum absolute atomic E-state index is 6.49. The average Bonchev–Trinajstić information content (AvgIpc) is 3.68. The van der Waals surface area contributed by atoms with Crippen molar-refractivity contribution >= 4 is 43.6 Å². The zero-order chi connectivity index (χ0) is 37.7. The third-order valence-electron chi connectivity index (χ3n) is 10.9. The summed E-state index contributed by atoms with van der Waals surface area (Å²) in [6.45, 7) is 0. The van der Waals surface area contributed by atoms with Crippen molar-refractivity contribution in [3.63, 3.8) is 0 Å². The molecule has 0 amide bonds. The van der Waals surface area contributed by atoms with Crippen LogP contribution in [0.25, 0.3) is 111 Å². The van der Waals surface area contributed by atoms with E-state index >= 15 is 0 Å². The third kappa shape index (κ3) is 5.83. The minimum atomic E-state index is 0.712. The molecule has 0 radical (unpaired) electrons. The molecule has 0 aliphatic heterocycles. The molecule has 0 fully saturated rings. The predicted octanol–water partition coefficient (Wildman–Crippen LogP) is 14.1. The first-order valence-corrected chi connectivity index (χ1v) is 19.2. The van der Waals surface area contributed by atoms with Crippen molar-refractivity contribution < 1.29 is 4.42 Å². The summed E-state index contributed by atoms with van der Waals surface area (Å²) in [6.07, 6.45) is 0. The van der Waals surface area contributed by atoms with E-state index in [-0.39, 0.29) is 0 Å². The lowest BCUT2D eigenvalue weighted by molar-refractivity contribution is 0.669. The molecule has 0 bridgehead atoms. The highest BCUT2D eigenvalue weighted by Crippen LogP contribution is 2.42. The second kappa shape index (κ2) is 13.6. The van der Waals surface area contributed by atoms with E-state index in [1.54, 1.807) is 0 Å². The average molecular weight is 728 g/mol. The molecular weight excluding hydrogens is 695 g/mol. The molecule has 4 nitrogen and oxygen atoms in total. The lowest BCUT2D eigenvalue weighted by Gasteiger charge is -2.11. The second-order valence-corrected chi connectivity index (χ2v) is 14.4. The van der Waals surface area contributed by atoms with Gasteiger partial charge in [0.15, 0.2) is 5.82 Å². The van der Waals surface area contributed by atoms with E-state index in [1.807, 2.05) is 42.5 Å². The van der Waals surface area contributed by atoms with Crippen LogP contribution in [0.3, 0.4) is 0 Å². The first kappa shape index (κ1) is 32.7. The Bertz CT molecular complexity index is 3190. The van der Waals surface area contributed by atoms with Crippen LogP contribution in [-0.4, -0.2) is 15.0 Å². The molecule has 0 saturated carbocycles. The van der Waals surface area contributed by atoms with Gasteiger partial charge in [-0.3, -0.25) is 0 Å². The van der Waals surface area contributed by atoms with Gasteiger partial charge in [-0.1, -0.05) is 164 Å². The molecule has 0 unspecified atom stereocenters. The van der Waals surface area contributed by atoms with Crippen LogP contribution in [0.4, 0.5) is 0 Å². The van der Waals surface area contributed by atoms with Gasteiger partial charge in [0.2, 0.25) is 0 Å². The quantitative estimate of drug-likeness (QED) is 0.160. The zero-order valence-corrected chi connectivity index (χ0v) is 30.8. The van der Waals surface area contributed by atoms with Crippen LogP contribution in [0.1, 0.15) is 0 Å². The first-order chi connectivity index (χ1) is 28.2. The van der Waals surface area contributed by atoms with Crippen LogP contribution in [-0.2, 0) is 0 Å². The fraction of sp³-hybridized carbons (Fsp3) is 0. The van der Waals surface area contributed by atoms with Crippen LogP contribution in [0.5, 0.6) is 0 Å². The highest BCUT2D eigenvalue weighted by Gasteiger charge is 2.18. The topological polar surface area (TPSA) is 51.8 Å². The molecule has 0 aliphatic carbocycles. The molecule has 0 saturated heterocycles. The van der Waals surface area contributed by atoms with Crippen molar-refractivity contribution in [2.45, 2.75) is 0 Å². The summed E-state index contributed by atoms with van der Waals surface area (Å²) in [5, 5.41) is 5.62. The fourth-order valence-electron chi connectivity index (χ4n) is 8.06. The maximum Gasteiger partial charge on any atom is 0.160 e. The van der Waals surface area contributed by atoms with E-state index in [2.05, 4.69) is 158 Å². The van der Waals surface area contributed by atoms with Crippen molar-refractivity contribution in [3.05, 3.63) is 200 Å². The Morgan fingerprint density at radius 3 is 1.47 bits per heavy atom. The molecule has 57 heavy (non-hydrogen) atoms. The molecule has 4 heteroatoms. The minimum Gasteiger partial charge on any atom is -0.456 e. The summed E-state index contributed by atoms with van der Waals surface area (Å²) in [4.78, 5) is 15.1. The Morgan fingerprint density at radius 2 is 0.807 bits per heavy atom. The van der Waals surface area contributed by atoms with Gasteiger partial charge in [0, 0.05) is 49.2 Å². The number of para-hydroxylation sites is 1. The summed E-state index contributed by atoms with van der Waals surface area (Å²) in [5.41, 5.74) is 14.2. The Balaban J connectivity index is 0.953. The molecule has 0 aliphatic rings. The number of rotatable bonds is 6. The Hall–Kier alpha value is -7.69. The predicted molar refractivity (Wildman–Crippen MR) is 235 cm³/mol. The number of furan rings is 1. The summed E-state index contributed by atoms with van der Waals surface area (Å²) in [6, 6.07) is 69.7. The highest BCUT2D eigenvalue weighted by atomic mass is 16.3. The van der Waals surface area contributed by atoms with Crippen molar-refractivity contribution in [1.82, 2.24) is 15.0 Å². The van der Waals surface area contributed by atoms with Gasteiger partial charge in [-0.25, -0.2) is 15.0 Å². The van der Waals surface area contributed by atoms with E-state index in [4.69, 9.17) is 19.4 Å². The molecule has 0 atom stereocenters. The van der Waals surface area contributed by atoms with Crippen LogP contribution in [0, 0.1) is 0 Å². The first-order valence-electron chi connectivity index (χ1n) is 19.2. The Morgan fingerprint density at radius 1 is 0.298 bits per heavy atom. The molecule has 266 valence electrons. The lowest BCUT2D eigenvalue weighted by Crippen LogP contribution is -1.95. The minimum absolute atomic E-state index is 0.712. The number of benzene rings is 8. The number of fused-ring (bicyclic) bond motifs is 7. The molecule has 8 aromatic carbocycles. The van der Waals surface area contributed by atoms with E-state index < -0.39 is 0 Å². The van der Waals surface area contributed by atoms with Crippen molar-refractivity contribution in [2.75, 3.05) is 0 Å². The smallest absolute Gasteiger partial charge is 0.160 e. The van der Waals surface area contributed by atoms with Gasteiger partial charge in [-0.15, -0.1) is 0 Å². The molecule has 0 spiro atoms. The molecule has 0 N–H and O–H groups in total. The molecule has 3 heterocycles. The molecule has 11 rings (SSSR count). The summed E-state index contributed by atoms with van der Waals surface area (Å²) >= 11 is 0. The number of pyridine rings is 1. The van der Waals surface area contributed by atoms with Gasteiger partial charge in [-0.2, -0.15) is 0 Å². The maximum atomic E-state index is 6.49. The van der Waals surface area contributed by atoms with E-state index in [0.717, 1.165) is 99.8 Å². The number of aromatic nitrogens is 3. The van der Waals surface area contributed by atoms with Gasteiger partial charge in [0.25, 0.3) is 0 Å². The fourth-order valence-corrected chi connectivity index (χ4v) is 8.06. The Kier molecular flexibility index (Phi) is 7.78. The SMILES string of the molecule is c1ccc(-c2cc(-c3ccc(-c4ccc(-c5ccc6oc7ccc8c(-c9ccccc9)nc9ccccc9c8c7c6c5)cc4)cc3)nc(-c3ccccc3)n2)cc1. The van der Waals surface area contributed by atoms with Crippen molar-refractivity contribution in [1.29, 1.82) is 0 Å². The van der Waals surface area contributed by atoms with Crippen molar-refractivity contribution in [2.24, 2.45) is 0 Å². The summed E-state index contributed by atoms with van der Waals surface area (Å²) in [5.74, 6) is 0.712. The van der Waals surface area contributed by atoms with E-state index in [0.29, 0.717) is 5.82 Å². The van der Waals surface area contributed by atoms with Crippen LogP contribution < -0.4 is 0 Å². The van der Waals surface area contributed by atoms with Gasteiger partial charge in [-0.05, 0) is 58.7 Å². The van der Waals surface area contributed by atoms with Gasteiger partial charge < -0.3 is 4.42 Å². The zero-order valence-electron chi connectivity index (χ0n) is 30.8. The van der Waals surface area contributed by atoms with Gasteiger partial charge >= 0.3 is 0 Å². The second-order valence-electron chi connectivity index (χ2n) is 14.4. The van der Waals surface area contributed by atoms with Crippen LogP contribution >= 0.6 is 0 Å².